The maximum atomic E-state index is 11.0. The molecule has 0 amide bonds. The van der Waals surface area contributed by atoms with Crippen LogP contribution in [0.25, 0.3) is 0 Å². The fourth-order valence-electron chi connectivity index (χ4n) is 2.25. The lowest BCUT2D eigenvalue weighted by Gasteiger charge is -2.22. The number of rotatable bonds is 4. The smallest absolute Gasteiger partial charge is 0.311 e. The molecule has 0 radical (unpaired) electrons. The zero-order valence-corrected chi connectivity index (χ0v) is 11.7. The van der Waals surface area contributed by atoms with Crippen LogP contribution in [-0.4, -0.2) is 11.0 Å². The van der Waals surface area contributed by atoms with Crippen molar-refractivity contribution in [1.82, 2.24) is 0 Å². The van der Waals surface area contributed by atoms with Gasteiger partial charge in [0.1, 0.15) is 0 Å². The Bertz CT molecular complexity index is 430. The van der Waals surface area contributed by atoms with Crippen LogP contribution in [0.1, 0.15) is 37.7 Å². The summed E-state index contributed by atoms with van der Waals surface area (Å²) in [6.45, 7) is 0. The minimum atomic E-state index is -0.371. The average molecular weight is 314 g/mol. The zero-order chi connectivity index (χ0) is 13.0. The Kier molecular flexibility index (Phi) is 4.58. The molecule has 1 saturated carbocycles. The normalized spacial score (nSPS) is 16.5. The van der Waals surface area contributed by atoms with Crippen molar-refractivity contribution in [3.05, 3.63) is 33.9 Å². The molecule has 0 bridgehead atoms. The predicted octanol–water partition coefficient (Wildman–Crippen LogP) is 4.20. The van der Waals surface area contributed by atoms with Crippen molar-refractivity contribution in [3.63, 3.8) is 0 Å². The summed E-state index contributed by atoms with van der Waals surface area (Å²) in [5.74, 6) is 0.400. The fourth-order valence-corrected chi connectivity index (χ4v) is 2.60. The highest BCUT2D eigenvalue weighted by atomic mass is 79.9. The molecule has 0 heterocycles. The SMILES string of the molecule is O=[N+]([O-])c1cc(CBr)ccc1OC1CCCCC1. The molecule has 0 atom stereocenters. The van der Waals surface area contributed by atoms with Gasteiger partial charge in [-0.3, -0.25) is 10.1 Å². The summed E-state index contributed by atoms with van der Waals surface area (Å²) in [6.07, 6.45) is 5.67. The summed E-state index contributed by atoms with van der Waals surface area (Å²) in [5, 5.41) is 11.7. The van der Waals surface area contributed by atoms with Gasteiger partial charge in [-0.05, 0) is 37.3 Å². The molecule has 0 aromatic heterocycles. The lowest BCUT2D eigenvalue weighted by Crippen LogP contribution is -2.20. The Morgan fingerprint density at radius 1 is 1.33 bits per heavy atom. The Morgan fingerprint density at radius 2 is 2.06 bits per heavy atom. The van der Waals surface area contributed by atoms with Crippen molar-refractivity contribution in [2.75, 3.05) is 0 Å². The number of nitrogens with zero attached hydrogens (tertiary/aromatic N) is 1. The highest BCUT2D eigenvalue weighted by molar-refractivity contribution is 9.08. The third kappa shape index (κ3) is 3.22. The largest absolute Gasteiger partial charge is 0.484 e. The van der Waals surface area contributed by atoms with Crippen LogP contribution in [0.5, 0.6) is 5.75 Å². The minimum Gasteiger partial charge on any atom is -0.484 e. The van der Waals surface area contributed by atoms with Crippen LogP contribution in [0.3, 0.4) is 0 Å². The summed E-state index contributed by atoms with van der Waals surface area (Å²) >= 11 is 3.30. The first-order chi connectivity index (χ1) is 8.70. The van der Waals surface area contributed by atoms with Gasteiger partial charge < -0.3 is 4.74 Å². The van der Waals surface area contributed by atoms with E-state index in [1.807, 2.05) is 6.07 Å². The summed E-state index contributed by atoms with van der Waals surface area (Å²) < 4.78 is 5.79. The van der Waals surface area contributed by atoms with Gasteiger partial charge in [0, 0.05) is 11.4 Å². The fraction of sp³-hybridized carbons (Fsp3) is 0.538. The van der Waals surface area contributed by atoms with Gasteiger partial charge in [0.25, 0.3) is 0 Å². The van der Waals surface area contributed by atoms with E-state index in [0.717, 1.165) is 31.2 Å². The highest BCUT2D eigenvalue weighted by Gasteiger charge is 2.21. The maximum absolute atomic E-state index is 11.0. The van der Waals surface area contributed by atoms with Gasteiger partial charge in [0.05, 0.1) is 11.0 Å². The molecule has 0 spiro atoms. The van der Waals surface area contributed by atoms with Gasteiger partial charge in [-0.15, -0.1) is 0 Å². The molecule has 98 valence electrons. The molecule has 1 aromatic carbocycles. The standard InChI is InChI=1S/C13H16BrNO3/c14-9-10-6-7-13(12(8-10)15(16)17)18-11-4-2-1-3-5-11/h6-8,11H,1-5,9H2. The Morgan fingerprint density at radius 3 is 2.67 bits per heavy atom. The highest BCUT2D eigenvalue weighted by Crippen LogP contribution is 2.32. The second-order valence-electron chi connectivity index (χ2n) is 4.57. The van der Waals surface area contributed by atoms with E-state index in [-0.39, 0.29) is 16.7 Å². The number of hydrogen-bond donors (Lipinski definition) is 0. The monoisotopic (exact) mass is 313 g/mol. The topological polar surface area (TPSA) is 52.4 Å². The number of nitro groups is 1. The molecule has 5 heteroatoms. The second-order valence-corrected chi connectivity index (χ2v) is 5.13. The molecule has 0 unspecified atom stereocenters. The first-order valence-electron chi connectivity index (χ1n) is 6.20. The molecule has 1 aromatic rings. The lowest BCUT2D eigenvalue weighted by molar-refractivity contribution is -0.386. The first-order valence-corrected chi connectivity index (χ1v) is 7.33. The second kappa shape index (κ2) is 6.18. The van der Waals surface area contributed by atoms with Gasteiger partial charge in [0.15, 0.2) is 5.75 Å². The molecule has 1 aliphatic rings. The van der Waals surface area contributed by atoms with Crippen molar-refractivity contribution in [1.29, 1.82) is 0 Å². The predicted molar refractivity (Wildman–Crippen MR) is 73.2 cm³/mol. The van der Waals surface area contributed by atoms with E-state index in [1.165, 1.54) is 6.42 Å². The van der Waals surface area contributed by atoms with Crippen LogP contribution in [0.2, 0.25) is 0 Å². The van der Waals surface area contributed by atoms with E-state index in [2.05, 4.69) is 15.9 Å². The molecule has 18 heavy (non-hydrogen) atoms. The van der Waals surface area contributed by atoms with Crippen LogP contribution in [-0.2, 0) is 5.33 Å². The van der Waals surface area contributed by atoms with Crippen molar-refractivity contribution < 1.29 is 9.66 Å². The average Bonchev–Trinajstić information content (AvgIpc) is 2.40. The molecule has 4 nitrogen and oxygen atoms in total. The number of halogens is 1. The summed E-state index contributed by atoms with van der Waals surface area (Å²) in [7, 11) is 0. The van der Waals surface area contributed by atoms with Crippen LogP contribution >= 0.6 is 15.9 Å². The van der Waals surface area contributed by atoms with E-state index in [0.29, 0.717) is 11.1 Å². The zero-order valence-electron chi connectivity index (χ0n) is 10.1. The number of benzene rings is 1. The molecule has 2 rings (SSSR count). The molecule has 0 N–H and O–H groups in total. The van der Waals surface area contributed by atoms with Crippen molar-refractivity contribution >= 4 is 21.6 Å². The van der Waals surface area contributed by atoms with Crippen molar-refractivity contribution in [2.45, 2.75) is 43.5 Å². The van der Waals surface area contributed by atoms with E-state index in [4.69, 9.17) is 4.74 Å². The van der Waals surface area contributed by atoms with Gasteiger partial charge in [-0.1, -0.05) is 28.4 Å². The quantitative estimate of drug-likeness (QED) is 0.475. The number of hydrogen-bond acceptors (Lipinski definition) is 3. The third-order valence-electron chi connectivity index (χ3n) is 3.22. The van der Waals surface area contributed by atoms with Gasteiger partial charge in [-0.25, -0.2) is 0 Å². The molecule has 1 fully saturated rings. The Labute approximate surface area is 115 Å². The summed E-state index contributed by atoms with van der Waals surface area (Å²) in [5.41, 5.74) is 0.954. The summed E-state index contributed by atoms with van der Waals surface area (Å²) in [4.78, 5) is 10.7. The Hall–Kier alpha value is -1.10. The van der Waals surface area contributed by atoms with Crippen LogP contribution in [0.15, 0.2) is 18.2 Å². The van der Waals surface area contributed by atoms with E-state index in [9.17, 15) is 10.1 Å². The van der Waals surface area contributed by atoms with Crippen LogP contribution < -0.4 is 4.74 Å². The Balaban J connectivity index is 2.17. The van der Waals surface area contributed by atoms with E-state index >= 15 is 0 Å². The molecular formula is C13H16BrNO3. The molecular weight excluding hydrogens is 298 g/mol. The van der Waals surface area contributed by atoms with Gasteiger partial charge in [0.2, 0.25) is 0 Å². The lowest BCUT2D eigenvalue weighted by atomic mass is 9.98. The third-order valence-corrected chi connectivity index (χ3v) is 3.87. The number of alkyl halides is 1. The van der Waals surface area contributed by atoms with E-state index in [1.54, 1.807) is 12.1 Å². The van der Waals surface area contributed by atoms with Gasteiger partial charge >= 0.3 is 5.69 Å². The van der Waals surface area contributed by atoms with Crippen molar-refractivity contribution in [2.24, 2.45) is 0 Å². The first kappa shape index (κ1) is 13.3. The molecule has 0 saturated heterocycles. The van der Waals surface area contributed by atoms with E-state index < -0.39 is 0 Å². The summed E-state index contributed by atoms with van der Waals surface area (Å²) in [6, 6.07) is 5.15. The van der Waals surface area contributed by atoms with Crippen LogP contribution in [0.4, 0.5) is 5.69 Å². The van der Waals surface area contributed by atoms with Gasteiger partial charge in [-0.2, -0.15) is 0 Å². The number of ether oxygens (including phenoxy) is 1. The maximum Gasteiger partial charge on any atom is 0.311 e. The molecule has 1 aliphatic carbocycles. The minimum absolute atomic E-state index is 0.0672. The van der Waals surface area contributed by atoms with Crippen molar-refractivity contribution in [3.8, 4) is 5.75 Å². The number of nitro benzene ring substituents is 1. The molecule has 0 aliphatic heterocycles. The van der Waals surface area contributed by atoms with Crippen LogP contribution in [0, 0.1) is 10.1 Å².